The lowest BCUT2D eigenvalue weighted by Crippen LogP contribution is -2.06. The molecule has 0 aliphatic carbocycles. The van der Waals surface area contributed by atoms with E-state index in [2.05, 4.69) is 4.74 Å². The van der Waals surface area contributed by atoms with Crippen molar-refractivity contribution in [2.45, 2.75) is 6.42 Å². The first-order valence-corrected chi connectivity index (χ1v) is 4.46. The van der Waals surface area contributed by atoms with Gasteiger partial charge in [-0.05, 0) is 17.7 Å². The Hall–Kier alpha value is -1.42. The molecule has 0 aliphatic rings. The zero-order valence-corrected chi connectivity index (χ0v) is 8.68. The van der Waals surface area contributed by atoms with Crippen LogP contribution in [0, 0.1) is 5.82 Å². The highest BCUT2D eigenvalue weighted by molar-refractivity contribution is 6.33. The van der Waals surface area contributed by atoms with Gasteiger partial charge in [0.1, 0.15) is 5.82 Å². The Morgan fingerprint density at radius 3 is 2.80 bits per heavy atom. The molecule has 0 amide bonds. The third-order valence-electron chi connectivity index (χ3n) is 1.83. The molecule has 1 aromatic carbocycles. The molecule has 0 saturated heterocycles. The predicted molar refractivity (Wildman–Crippen MR) is 52.5 cm³/mol. The van der Waals surface area contributed by atoms with Crippen LogP contribution >= 0.6 is 11.6 Å². The topological polar surface area (TPSA) is 43.4 Å². The maximum absolute atomic E-state index is 13.0. The van der Waals surface area contributed by atoms with Crippen molar-refractivity contribution in [3.05, 3.63) is 34.1 Å². The van der Waals surface area contributed by atoms with Crippen LogP contribution in [0.1, 0.15) is 15.9 Å². The van der Waals surface area contributed by atoms with Gasteiger partial charge in [0.2, 0.25) is 0 Å². The quantitative estimate of drug-likeness (QED) is 0.589. The first-order valence-electron chi connectivity index (χ1n) is 4.08. The fourth-order valence-corrected chi connectivity index (χ4v) is 1.33. The normalized spacial score (nSPS) is 9.80. The number of ether oxygens (including phenoxy) is 1. The Morgan fingerprint density at radius 2 is 2.27 bits per heavy atom. The van der Waals surface area contributed by atoms with Gasteiger partial charge in [-0.3, -0.25) is 9.59 Å². The number of hydrogen-bond acceptors (Lipinski definition) is 3. The van der Waals surface area contributed by atoms with E-state index in [4.69, 9.17) is 11.6 Å². The van der Waals surface area contributed by atoms with Gasteiger partial charge in [0.25, 0.3) is 0 Å². The highest BCUT2D eigenvalue weighted by atomic mass is 35.5. The second kappa shape index (κ2) is 4.89. The number of methoxy groups -OCH3 is 1. The molecule has 0 fully saturated rings. The number of carbonyl (C=O) groups excluding carboxylic acids is 2. The van der Waals surface area contributed by atoms with E-state index >= 15 is 0 Å². The van der Waals surface area contributed by atoms with Crippen molar-refractivity contribution >= 4 is 23.9 Å². The SMILES string of the molecule is COC(=O)Cc1cc(F)cc(C=O)c1Cl. The maximum Gasteiger partial charge on any atom is 0.310 e. The fourth-order valence-electron chi connectivity index (χ4n) is 1.11. The maximum atomic E-state index is 13.0. The van der Waals surface area contributed by atoms with E-state index in [1.807, 2.05) is 0 Å². The molecule has 3 nitrogen and oxygen atoms in total. The number of halogens is 2. The second-order valence-electron chi connectivity index (χ2n) is 2.84. The summed E-state index contributed by atoms with van der Waals surface area (Å²) in [6.45, 7) is 0. The van der Waals surface area contributed by atoms with E-state index in [0.29, 0.717) is 6.29 Å². The molecule has 0 unspecified atom stereocenters. The molecule has 5 heteroatoms. The van der Waals surface area contributed by atoms with E-state index in [1.54, 1.807) is 0 Å². The molecule has 0 N–H and O–H groups in total. The number of hydrogen-bond donors (Lipinski definition) is 0. The number of rotatable bonds is 3. The first kappa shape index (κ1) is 11.7. The summed E-state index contributed by atoms with van der Waals surface area (Å²) < 4.78 is 17.4. The average Bonchev–Trinajstić information content (AvgIpc) is 2.22. The lowest BCUT2D eigenvalue weighted by molar-refractivity contribution is -0.139. The summed E-state index contributed by atoms with van der Waals surface area (Å²) in [5.74, 6) is -1.15. The summed E-state index contributed by atoms with van der Waals surface area (Å²) in [5.41, 5.74) is 0.265. The molecule has 0 saturated carbocycles. The fraction of sp³-hybridized carbons (Fsp3) is 0.200. The van der Waals surface area contributed by atoms with E-state index in [9.17, 15) is 14.0 Å². The molecular formula is C10H8ClFO3. The van der Waals surface area contributed by atoms with Gasteiger partial charge >= 0.3 is 5.97 Å². The molecule has 0 bridgehead atoms. The molecule has 1 rings (SSSR count). The zero-order valence-electron chi connectivity index (χ0n) is 7.92. The van der Waals surface area contributed by atoms with Crippen LogP contribution in [-0.2, 0) is 16.0 Å². The van der Waals surface area contributed by atoms with E-state index in [-0.39, 0.29) is 22.6 Å². The van der Waals surface area contributed by atoms with Gasteiger partial charge in [0, 0.05) is 5.56 Å². The van der Waals surface area contributed by atoms with Gasteiger partial charge in [-0.2, -0.15) is 0 Å². The lowest BCUT2D eigenvalue weighted by Gasteiger charge is -2.05. The highest BCUT2D eigenvalue weighted by Crippen LogP contribution is 2.22. The minimum Gasteiger partial charge on any atom is -0.469 e. The molecule has 0 heterocycles. The van der Waals surface area contributed by atoms with E-state index in [0.717, 1.165) is 12.1 Å². The summed E-state index contributed by atoms with van der Waals surface area (Å²) in [6, 6.07) is 2.11. The summed E-state index contributed by atoms with van der Waals surface area (Å²) in [6.07, 6.45) is 0.278. The van der Waals surface area contributed by atoms with E-state index < -0.39 is 11.8 Å². The lowest BCUT2D eigenvalue weighted by atomic mass is 10.1. The van der Waals surface area contributed by atoms with Gasteiger partial charge in [0.05, 0.1) is 18.6 Å². The number of esters is 1. The van der Waals surface area contributed by atoms with Crippen LogP contribution in [0.2, 0.25) is 5.02 Å². The monoisotopic (exact) mass is 230 g/mol. The first-order chi connectivity index (χ1) is 7.08. The summed E-state index contributed by atoms with van der Waals surface area (Å²) in [7, 11) is 1.22. The van der Waals surface area contributed by atoms with Crippen molar-refractivity contribution in [2.75, 3.05) is 7.11 Å². The van der Waals surface area contributed by atoms with Gasteiger partial charge in [0.15, 0.2) is 6.29 Å². The van der Waals surface area contributed by atoms with Crippen molar-refractivity contribution < 1.29 is 18.7 Å². The van der Waals surface area contributed by atoms with Crippen LogP contribution in [0.5, 0.6) is 0 Å². The Bertz CT molecular complexity index is 404. The van der Waals surface area contributed by atoms with Crippen LogP contribution in [0.4, 0.5) is 4.39 Å². The molecule has 15 heavy (non-hydrogen) atoms. The molecule has 1 aromatic rings. The zero-order chi connectivity index (χ0) is 11.4. The van der Waals surface area contributed by atoms with Gasteiger partial charge in [-0.1, -0.05) is 11.6 Å². The van der Waals surface area contributed by atoms with Crippen molar-refractivity contribution in [3.8, 4) is 0 Å². The highest BCUT2D eigenvalue weighted by Gasteiger charge is 2.12. The molecule has 0 spiro atoms. The van der Waals surface area contributed by atoms with Crippen LogP contribution < -0.4 is 0 Å². The van der Waals surface area contributed by atoms with Crippen LogP contribution in [0.3, 0.4) is 0 Å². The smallest absolute Gasteiger partial charge is 0.310 e. The second-order valence-corrected chi connectivity index (χ2v) is 3.22. The van der Waals surface area contributed by atoms with Crippen molar-refractivity contribution in [1.29, 1.82) is 0 Å². The van der Waals surface area contributed by atoms with Crippen molar-refractivity contribution in [2.24, 2.45) is 0 Å². The minimum atomic E-state index is -0.611. The largest absolute Gasteiger partial charge is 0.469 e. The number of benzene rings is 1. The Morgan fingerprint density at radius 1 is 1.60 bits per heavy atom. The average molecular weight is 231 g/mol. The standard InChI is InChI=1S/C10H8ClFO3/c1-15-9(14)4-6-2-8(12)3-7(5-13)10(6)11/h2-3,5H,4H2,1H3. The summed E-state index contributed by atoms with van der Waals surface area (Å²) in [5, 5.41) is 0.0804. The number of aldehydes is 1. The van der Waals surface area contributed by atoms with Crippen LogP contribution in [-0.4, -0.2) is 19.4 Å². The Labute approximate surface area is 90.8 Å². The minimum absolute atomic E-state index is 0.0237. The molecule has 0 aliphatic heterocycles. The van der Waals surface area contributed by atoms with Crippen LogP contribution in [0.15, 0.2) is 12.1 Å². The molecule has 0 radical (unpaired) electrons. The third kappa shape index (κ3) is 2.76. The predicted octanol–water partition coefficient (Wildman–Crippen LogP) is 2.01. The Balaban J connectivity index is 3.11. The molecular weight excluding hydrogens is 223 g/mol. The molecule has 0 atom stereocenters. The molecule has 0 aromatic heterocycles. The van der Waals surface area contributed by atoms with Gasteiger partial charge in [-0.15, -0.1) is 0 Å². The van der Waals surface area contributed by atoms with Gasteiger partial charge < -0.3 is 4.74 Å². The Kier molecular flexibility index (Phi) is 3.80. The van der Waals surface area contributed by atoms with Crippen molar-refractivity contribution in [3.63, 3.8) is 0 Å². The summed E-state index contributed by atoms with van der Waals surface area (Å²) in [4.78, 5) is 21.5. The van der Waals surface area contributed by atoms with Crippen molar-refractivity contribution in [1.82, 2.24) is 0 Å². The van der Waals surface area contributed by atoms with E-state index in [1.165, 1.54) is 7.11 Å². The molecule has 80 valence electrons. The third-order valence-corrected chi connectivity index (χ3v) is 2.29. The summed E-state index contributed by atoms with van der Waals surface area (Å²) >= 11 is 5.78. The van der Waals surface area contributed by atoms with Crippen LogP contribution in [0.25, 0.3) is 0 Å². The number of carbonyl (C=O) groups is 2. The van der Waals surface area contributed by atoms with Gasteiger partial charge in [-0.25, -0.2) is 4.39 Å².